The van der Waals surface area contributed by atoms with E-state index in [1.165, 1.54) is 34.8 Å². The lowest BCUT2D eigenvalue weighted by Gasteiger charge is -2.32. The minimum absolute atomic E-state index is 0.118. The molecule has 0 spiro atoms. The molecule has 3 heterocycles. The molecule has 0 bridgehead atoms. The second-order valence-electron chi connectivity index (χ2n) is 6.74. The van der Waals surface area contributed by atoms with Gasteiger partial charge in [-0.25, -0.2) is 18.4 Å². The summed E-state index contributed by atoms with van der Waals surface area (Å²) < 4.78 is 69.5. The van der Waals surface area contributed by atoms with E-state index in [1.807, 2.05) is 0 Å². The highest BCUT2D eigenvalue weighted by molar-refractivity contribution is 9.10. The standard InChI is InChI=1S/C18H16BrF3N4O2S/c19-12-3-5-14(6-4-12)29(27,28)25-10-7-13(8-11-25)26-16-15(2-1-9-23-16)24-17(26)18(20,21)22/h1-6,9,13H,7-8,10-11H2. The molecular formula is C18H16BrF3N4O2S. The summed E-state index contributed by atoms with van der Waals surface area (Å²) >= 11 is 3.27. The molecule has 0 atom stereocenters. The Labute approximate surface area is 173 Å². The van der Waals surface area contributed by atoms with Crippen LogP contribution in [-0.4, -0.2) is 40.3 Å². The van der Waals surface area contributed by atoms with Crippen LogP contribution in [0, 0.1) is 0 Å². The molecule has 4 rings (SSSR count). The van der Waals surface area contributed by atoms with Crippen molar-refractivity contribution in [3.8, 4) is 0 Å². The van der Waals surface area contributed by atoms with Crippen molar-refractivity contribution in [1.29, 1.82) is 0 Å². The van der Waals surface area contributed by atoms with E-state index in [-0.39, 0.29) is 42.0 Å². The van der Waals surface area contributed by atoms with Crippen LogP contribution < -0.4 is 0 Å². The van der Waals surface area contributed by atoms with Gasteiger partial charge in [-0.05, 0) is 49.2 Å². The first kappa shape index (κ1) is 20.3. The number of alkyl halides is 3. The molecule has 0 unspecified atom stereocenters. The van der Waals surface area contributed by atoms with E-state index in [4.69, 9.17) is 0 Å². The van der Waals surface area contributed by atoms with Gasteiger partial charge in [0.25, 0.3) is 0 Å². The van der Waals surface area contributed by atoms with Gasteiger partial charge in [0.05, 0.1) is 4.90 Å². The van der Waals surface area contributed by atoms with Crippen molar-refractivity contribution >= 4 is 37.1 Å². The van der Waals surface area contributed by atoms with Crippen molar-refractivity contribution in [1.82, 2.24) is 18.8 Å². The minimum atomic E-state index is -4.62. The molecule has 1 aliphatic rings. The topological polar surface area (TPSA) is 68.1 Å². The van der Waals surface area contributed by atoms with Crippen molar-refractivity contribution in [2.45, 2.75) is 30.0 Å². The van der Waals surface area contributed by atoms with Crippen LogP contribution in [0.1, 0.15) is 24.7 Å². The maximum Gasteiger partial charge on any atom is 0.449 e. The van der Waals surface area contributed by atoms with E-state index >= 15 is 0 Å². The predicted molar refractivity (Wildman–Crippen MR) is 104 cm³/mol. The number of aromatic nitrogens is 3. The molecule has 11 heteroatoms. The third-order valence-electron chi connectivity index (χ3n) is 4.94. The average molecular weight is 489 g/mol. The molecule has 0 N–H and O–H groups in total. The second-order valence-corrected chi connectivity index (χ2v) is 9.59. The zero-order valence-corrected chi connectivity index (χ0v) is 17.4. The van der Waals surface area contributed by atoms with Crippen LogP contribution >= 0.6 is 15.9 Å². The van der Waals surface area contributed by atoms with Gasteiger partial charge in [-0.15, -0.1) is 0 Å². The molecule has 1 aliphatic heterocycles. The zero-order valence-electron chi connectivity index (χ0n) is 15.0. The molecule has 0 aliphatic carbocycles. The van der Waals surface area contributed by atoms with Crippen LogP contribution in [-0.2, 0) is 16.2 Å². The van der Waals surface area contributed by atoms with Crippen molar-refractivity contribution in [3.05, 3.63) is 52.9 Å². The molecule has 1 saturated heterocycles. The van der Waals surface area contributed by atoms with Gasteiger partial charge in [-0.2, -0.15) is 17.5 Å². The monoisotopic (exact) mass is 488 g/mol. The highest BCUT2D eigenvalue weighted by Crippen LogP contribution is 2.36. The fourth-order valence-electron chi connectivity index (χ4n) is 3.57. The average Bonchev–Trinajstić information content (AvgIpc) is 3.08. The molecule has 6 nitrogen and oxygen atoms in total. The molecule has 2 aromatic heterocycles. The van der Waals surface area contributed by atoms with Crippen LogP contribution in [0.15, 0.2) is 52.0 Å². The summed E-state index contributed by atoms with van der Waals surface area (Å²) in [6, 6.07) is 8.76. The van der Waals surface area contributed by atoms with Gasteiger partial charge < -0.3 is 4.57 Å². The second kappa shape index (κ2) is 7.37. The Balaban J connectivity index is 1.61. The van der Waals surface area contributed by atoms with E-state index in [2.05, 4.69) is 25.9 Å². The molecule has 1 aromatic carbocycles. The summed E-state index contributed by atoms with van der Waals surface area (Å²) in [4.78, 5) is 7.96. The molecule has 154 valence electrons. The van der Waals surface area contributed by atoms with Crippen molar-refractivity contribution in [3.63, 3.8) is 0 Å². The maximum atomic E-state index is 13.5. The number of nitrogens with zero attached hydrogens (tertiary/aromatic N) is 4. The summed E-state index contributed by atoms with van der Waals surface area (Å²) in [5, 5.41) is 0. The van der Waals surface area contributed by atoms with E-state index in [9.17, 15) is 21.6 Å². The number of benzene rings is 1. The fourth-order valence-corrected chi connectivity index (χ4v) is 5.31. The Morgan fingerprint density at radius 3 is 2.34 bits per heavy atom. The van der Waals surface area contributed by atoms with Crippen molar-refractivity contribution in [2.75, 3.05) is 13.1 Å². The number of hydrogen-bond donors (Lipinski definition) is 0. The first-order valence-corrected chi connectivity index (χ1v) is 11.1. The van der Waals surface area contributed by atoms with Crippen molar-refractivity contribution in [2.24, 2.45) is 0 Å². The predicted octanol–water partition coefficient (Wildman–Crippen LogP) is 4.24. The first-order chi connectivity index (χ1) is 13.7. The maximum absolute atomic E-state index is 13.5. The number of fused-ring (bicyclic) bond motifs is 1. The number of pyridine rings is 1. The lowest BCUT2D eigenvalue weighted by Crippen LogP contribution is -2.39. The summed E-state index contributed by atoms with van der Waals surface area (Å²) in [5.74, 6) is -1.000. The van der Waals surface area contributed by atoms with E-state index in [0.29, 0.717) is 0 Å². The summed E-state index contributed by atoms with van der Waals surface area (Å²) in [6.07, 6.45) is -2.73. The lowest BCUT2D eigenvalue weighted by molar-refractivity contribution is -0.147. The normalized spacial score (nSPS) is 17.1. The van der Waals surface area contributed by atoms with Gasteiger partial charge in [0.15, 0.2) is 5.65 Å². The Bertz CT molecular complexity index is 1140. The van der Waals surface area contributed by atoms with Gasteiger partial charge in [0.2, 0.25) is 15.8 Å². The Morgan fingerprint density at radius 1 is 1.07 bits per heavy atom. The molecular weight excluding hydrogens is 473 g/mol. The van der Waals surface area contributed by atoms with E-state index < -0.39 is 28.1 Å². The lowest BCUT2D eigenvalue weighted by atomic mass is 10.1. The van der Waals surface area contributed by atoms with E-state index in [1.54, 1.807) is 12.1 Å². The van der Waals surface area contributed by atoms with Gasteiger partial charge in [-0.3, -0.25) is 0 Å². The zero-order chi connectivity index (χ0) is 20.8. The van der Waals surface area contributed by atoms with Crippen molar-refractivity contribution < 1.29 is 21.6 Å². The van der Waals surface area contributed by atoms with Crippen LogP contribution in [0.25, 0.3) is 11.2 Å². The van der Waals surface area contributed by atoms with Crippen LogP contribution in [0.5, 0.6) is 0 Å². The van der Waals surface area contributed by atoms with Gasteiger partial charge in [0.1, 0.15) is 5.52 Å². The molecule has 0 radical (unpaired) electrons. The Morgan fingerprint density at radius 2 is 1.72 bits per heavy atom. The minimum Gasteiger partial charge on any atom is -0.302 e. The molecule has 1 fully saturated rings. The van der Waals surface area contributed by atoms with Gasteiger partial charge >= 0.3 is 6.18 Å². The first-order valence-electron chi connectivity index (χ1n) is 8.84. The van der Waals surface area contributed by atoms with Crippen LogP contribution in [0.2, 0.25) is 0 Å². The highest BCUT2D eigenvalue weighted by atomic mass is 79.9. The fraction of sp³-hybridized carbons (Fsp3) is 0.333. The van der Waals surface area contributed by atoms with Crippen LogP contribution in [0.3, 0.4) is 0 Å². The summed E-state index contributed by atoms with van der Waals surface area (Å²) in [5.41, 5.74) is 0.332. The molecule has 29 heavy (non-hydrogen) atoms. The molecule has 0 amide bonds. The SMILES string of the molecule is O=S(=O)(c1ccc(Br)cc1)N1CCC(n2c(C(F)(F)F)nc3cccnc32)CC1. The molecule has 0 saturated carbocycles. The smallest absolute Gasteiger partial charge is 0.302 e. The number of imidazole rings is 1. The molecule has 3 aromatic rings. The number of hydrogen-bond acceptors (Lipinski definition) is 4. The van der Waals surface area contributed by atoms with Gasteiger partial charge in [-0.1, -0.05) is 15.9 Å². The third-order valence-corrected chi connectivity index (χ3v) is 7.38. The number of rotatable bonds is 3. The number of piperidine rings is 1. The Kier molecular flexibility index (Phi) is 5.16. The summed E-state index contributed by atoms with van der Waals surface area (Å²) in [7, 11) is -3.70. The third kappa shape index (κ3) is 3.78. The quantitative estimate of drug-likeness (QED) is 0.552. The number of halogens is 4. The highest BCUT2D eigenvalue weighted by Gasteiger charge is 2.41. The summed E-state index contributed by atoms with van der Waals surface area (Å²) in [6.45, 7) is 0.236. The van der Waals surface area contributed by atoms with Gasteiger partial charge in [0, 0.05) is 29.8 Å². The Hall–Kier alpha value is -1.98. The largest absolute Gasteiger partial charge is 0.449 e. The van der Waals surface area contributed by atoms with E-state index in [0.717, 1.165) is 9.04 Å². The number of sulfonamides is 1. The van der Waals surface area contributed by atoms with Crippen LogP contribution in [0.4, 0.5) is 13.2 Å².